The first-order chi connectivity index (χ1) is 9.51. The van der Waals surface area contributed by atoms with Crippen LogP contribution in [0.5, 0.6) is 0 Å². The maximum absolute atomic E-state index is 12.3. The van der Waals surface area contributed by atoms with Crippen LogP contribution >= 0.6 is 50.1 Å². The number of hydrogen-bond donors (Lipinski definition) is 2. The summed E-state index contributed by atoms with van der Waals surface area (Å²) >= 11 is 11.6. The first-order valence-corrected chi connectivity index (χ1v) is 7.86. The number of carbonyl (C=O) groups is 1. The van der Waals surface area contributed by atoms with Gasteiger partial charge in [0.25, 0.3) is 5.91 Å². The summed E-state index contributed by atoms with van der Waals surface area (Å²) in [4.78, 5) is 16.5. The lowest BCUT2D eigenvalue weighted by Crippen LogP contribution is -2.15. The molecule has 0 saturated carbocycles. The van der Waals surface area contributed by atoms with Crippen LogP contribution in [0.3, 0.4) is 0 Å². The van der Waals surface area contributed by atoms with Crippen LogP contribution in [0.25, 0.3) is 0 Å². The maximum atomic E-state index is 12.3. The van der Waals surface area contributed by atoms with Gasteiger partial charge in [-0.2, -0.15) is 0 Å². The van der Waals surface area contributed by atoms with E-state index in [1.807, 2.05) is 6.07 Å². The molecule has 2 rings (SSSR count). The Morgan fingerprint density at radius 2 is 2.15 bits per heavy atom. The zero-order valence-corrected chi connectivity index (χ0v) is 14.9. The van der Waals surface area contributed by atoms with Gasteiger partial charge in [0.2, 0.25) is 0 Å². The zero-order chi connectivity index (χ0) is 14.7. The molecule has 104 valence electrons. The molecular formula is C13H10BrClIN3O. The Kier molecular flexibility index (Phi) is 5.22. The number of carbonyl (C=O) groups excluding carboxylic acids is 1. The number of hydrogen-bond acceptors (Lipinski definition) is 3. The summed E-state index contributed by atoms with van der Waals surface area (Å²) in [5.41, 5.74) is 1.01. The fourth-order valence-electron chi connectivity index (χ4n) is 1.59. The van der Waals surface area contributed by atoms with Crippen LogP contribution in [0.2, 0.25) is 5.02 Å². The summed E-state index contributed by atoms with van der Waals surface area (Å²) in [6, 6.07) is 7.14. The number of amides is 1. The van der Waals surface area contributed by atoms with E-state index < -0.39 is 0 Å². The number of benzene rings is 1. The van der Waals surface area contributed by atoms with Crippen LogP contribution in [-0.2, 0) is 0 Å². The van der Waals surface area contributed by atoms with Gasteiger partial charge >= 0.3 is 0 Å². The van der Waals surface area contributed by atoms with Crippen LogP contribution in [-0.4, -0.2) is 17.9 Å². The van der Waals surface area contributed by atoms with E-state index >= 15 is 0 Å². The minimum atomic E-state index is -0.272. The second-order valence-electron chi connectivity index (χ2n) is 3.88. The molecule has 1 heterocycles. The molecule has 0 radical (unpaired) electrons. The number of nitrogens with zero attached hydrogens (tertiary/aromatic N) is 1. The largest absolute Gasteiger partial charge is 0.372 e. The quantitative estimate of drug-likeness (QED) is 0.660. The Morgan fingerprint density at radius 1 is 1.40 bits per heavy atom. The van der Waals surface area contributed by atoms with Gasteiger partial charge in [0.1, 0.15) is 5.82 Å². The van der Waals surface area contributed by atoms with Gasteiger partial charge in [-0.25, -0.2) is 4.98 Å². The second kappa shape index (κ2) is 6.73. The van der Waals surface area contributed by atoms with Crippen LogP contribution in [0.15, 0.2) is 34.9 Å². The predicted octanol–water partition coefficient (Wildman–Crippen LogP) is 4.40. The van der Waals surface area contributed by atoms with Crippen molar-refractivity contribution in [2.45, 2.75) is 0 Å². The van der Waals surface area contributed by atoms with Crippen LogP contribution < -0.4 is 10.6 Å². The summed E-state index contributed by atoms with van der Waals surface area (Å²) in [5, 5.41) is 6.17. The molecule has 0 aliphatic rings. The van der Waals surface area contributed by atoms with Crippen molar-refractivity contribution in [3.8, 4) is 0 Å². The van der Waals surface area contributed by atoms with Crippen molar-refractivity contribution in [3.63, 3.8) is 0 Å². The van der Waals surface area contributed by atoms with Crippen molar-refractivity contribution in [1.82, 2.24) is 4.98 Å². The predicted molar refractivity (Wildman–Crippen MR) is 93.6 cm³/mol. The molecule has 0 saturated heterocycles. The van der Waals surface area contributed by atoms with E-state index in [-0.39, 0.29) is 5.91 Å². The Hall–Kier alpha value is -0.860. The van der Waals surface area contributed by atoms with Crippen LogP contribution in [0.1, 0.15) is 10.4 Å². The number of pyridine rings is 1. The molecular weight excluding hydrogens is 456 g/mol. The van der Waals surface area contributed by atoms with Gasteiger partial charge in [-0.3, -0.25) is 4.79 Å². The summed E-state index contributed by atoms with van der Waals surface area (Å²) in [6.07, 6.45) is 1.63. The molecule has 1 aromatic carbocycles. The lowest BCUT2D eigenvalue weighted by molar-refractivity contribution is 0.102. The highest BCUT2D eigenvalue weighted by atomic mass is 127. The summed E-state index contributed by atoms with van der Waals surface area (Å²) in [6.45, 7) is 0. The maximum Gasteiger partial charge on any atom is 0.259 e. The molecule has 7 heteroatoms. The standard InChI is InChI=1S/C13H10BrClIN3O/c1-17-12-9(4-7(14)6-18-12)13(20)19-11-3-2-8(16)5-10(11)15/h2-6H,1H3,(H,17,18)(H,19,20). The molecule has 2 N–H and O–H groups in total. The fraction of sp³-hybridized carbons (Fsp3) is 0.0769. The highest BCUT2D eigenvalue weighted by molar-refractivity contribution is 14.1. The third kappa shape index (κ3) is 3.62. The molecule has 0 aliphatic carbocycles. The van der Waals surface area contributed by atoms with E-state index in [2.05, 4.69) is 54.1 Å². The Labute approximate surface area is 143 Å². The molecule has 0 aliphatic heterocycles. The minimum Gasteiger partial charge on any atom is -0.372 e. The molecule has 4 nitrogen and oxygen atoms in total. The monoisotopic (exact) mass is 465 g/mol. The lowest BCUT2D eigenvalue weighted by Gasteiger charge is -2.10. The van der Waals surface area contributed by atoms with Gasteiger partial charge in [-0.1, -0.05) is 11.6 Å². The van der Waals surface area contributed by atoms with Crippen molar-refractivity contribution in [2.24, 2.45) is 0 Å². The van der Waals surface area contributed by atoms with E-state index in [0.717, 1.165) is 8.04 Å². The van der Waals surface area contributed by atoms with E-state index in [4.69, 9.17) is 11.6 Å². The van der Waals surface area contributed by atoms with Crippen molar-refractivity contribution < 1.29 is 4.79 Å². The van der Waals surface area contributed by atoms with Gasteiger partial charge in [-0.05, 0) is 62.8 Å². The summed E-state index contributed by atoms with van der Waals surface area (Å²) in [5.74, 6) is 0.235. The van der Waals surface area contributed by atoms with Crippen LogP contribution in [0.4, 0.5) is 11.5 Å². The molecule has 0 bridgehead atoms. The first kappa shape index (κ1) is 15.5. The van der Waals surface area contributed by atoms with E-state index in [9.17, 15) is 4.79 Å². The zero-order valence-electron chi connectivity index (χ0n) is 10.4. The minimum absolute atomic E-state index is 0.272. The molecule has 1 amide bonds. The van der Waals surface area contributed by atoms with E-state index in [1.54, 1.807) is 31.4 Å². The smallest absolute Gasteiger partial charge is 0.259 e. The average Bonchev–Trinajstić information content (AvgIpc) is 2.41. The van der Waals surface area contributed by atoms with Crippen molar-refractivity contribution in [3.05, 3.63) is 49.1 Å². The molecule has 20 heavy (non-hydrogen) atoms. The van der Waals surface area contributed by atoms with Crippen molar-refractivity contribution in [1.29, 1.82) is 0 Å². The Bertz CT molecular complexity index is 666. The average molecular weight is 467 g/mol. The van der Waals surface area contributed by atoms with E-state index in [1.165, 1.54) is 0 Å². The van der Waals surface area contributed by atoms with Gasteiger partial charge in [0.15, 0.2) is 0 Å². The third-order valence-corrected chi connectivity index (χ3v) is 3.93. The molecule has 1 aromatic heterocycles. The van der Waals surface area contributed by atoms with Gasteiger partial charge in [-0.15, -0.1) is 0 Å². The second-order valence-corrected chi connectivity index (χ2v) is 6.45. The van der Waals surface area contributed by atoms with Crippen molar-refractivity contribution in [2.75, 3.05) is 17.7 Å². The van der Waals surface area contributed by atoms with Gasteiger partial charge in [0, 0.05) is 21.3 Å². The highest BCUT2D eigenvalue weighted by Gasteiger charge is 2.14. The molecule has 0 unspecified atom stereocenters. The summed E-state index contributed by atoms with van der Waals surface area (Å²) in [7, 11) is 1.71. The topological polar surface area (TPSA) is 54.0 Å². The molecule has 0 fully saturated rings. The summed E-state index contributed by atoms with van der Waals surface area (Å²) < 4.78 is 1.74. The number of aromatic nitrogens is 1. The third-order valence-electron chi connectivity index (χ3n) is 2.52. The van der Waals surface area contributed by atoms with E-state index in [0.29, 0.717) is 22.1 Å². The fourth-order valence-corrected chi connectivity index (χ4v) is 2.83. The van der Waals surface area contributed by atoms with Crippen LogP contribution in [0, 0.1) is 3.57 Å². The Morgan fingerprint density at radius 3 is 2.80 bits per heavy atom. The molecule has 2 aromatic rings. The lowest BCUT2D eigenvalue weighted by atomic mass is 10.2. The van der Waals surface area contributed by atoms with Crippen molar-refractivity contribution >= 4 is 67.5 Å². The molecule has 0 spiro atoms. The molecule has 0 atom stereocenters. The first-order valence-electron chi connectivity index (χ1n) is 5.61. The number of halogens is 3. The number of rotatable bonds is 3. The SMILES string of the molecule is CNc1ncc(Br)cc1C(=O)Nc1ccc(I)cc1Cl. The normalized spacial score (nSPS) is 10.2. The number of nitrogens with one attached hydrogen (secondary N) is 2. The van der Waals surface area contributed by atoms with Gasteiger partial charge < -0.3 is 10.6 Å². The Balaban J connectivity index is 2.30. The highest BCUT2D eigenvalue weighted by Crippen LogP contribution is 2.25. The van der Waals surface area contributed by atoms with Gasteiger partial charge in [0.05, 0.1) is 16.3 Å². The number of anilines is 2.